The predicted octanol–water partition coefficient (Wildman–Crippen LogP) is -0.477. The standard InChI is InChI=1S/C7H14O3/c1-3-5(2)7(10)6(9)4-8/h3,5-10H,1,4H2,2H3. The van der Waals surface area contributed by atoms with E-state index in [2.05, 4.69) is 6.58 Å². The Labute approximate surface area is 60.6 Å². The van der Waals surface area contributed by atoms with Gasteiger partial charge < -0.3 is 15.3 Å². The van der Waals surface area contributed by atoms with E-state index in [1.54, 1.807) is 6.92 Å². The van der Waals surface area contributed by atoms with Crippen molar-refractivity contribution in [3.8, 4) is 0 Å². The lowest BCUT2D eigenvalue weighted by molar-refractivity contribution is -0.0301. The lowest BCUT2D eigenvalue weighted by atomic mass is 10.0. The highest BCUT2D eigenvalue weighted by molar-refractivity contribution is 4.84. The van der Waals surface area contributed by atoms with Gasteiger partial charge in [-0.3, -0.25) is 0 Å². The largest absolute Gasteiger partial charge is 0.394 e. The molecule has 0 heterocycles. The molecule has 0 radical (unpaired) electrons. The molecule has 0 aromatic carbocycles. The van der Waals surface area contributed by atoms with Crippen LogP contribution in [0.25, 0.3) is 0 Å². The molecule has 0 aliphatic rings. The summed E-state index contributed by atoms with van der Waals surface area (Å²) < 4.78 is 0. The fraction of sp³-hybridized carbons (Fsp3) is 0.714. The molecule has 3 atom stereocenters. The molecule has 3 unspecified atom stereocenters. The molecule has 10 heavy (non-hydrogen) atoms. The summed E-state index contributed by atoms with van der Waals surface area (Å²) >= 11 is 0. The van der Waals surface area contributed by atoms with Crippen LogP contribution in [0.3, 0.4) is 0 Å². The number of aliphatic hydroxyl groups is 3. The first-order valence-corrected chi connectivity index (χ1v) is 3.23. The molecular formula is C7H14O3. The van der Waals surface area contributed by atoms with Gasteiger partial charge in [0.2, 0.25) is 0 Å². The normalized spacial score (nSPS) is 19.6. The Hall–Kier alpha value is -0.380. The van der Waals surface area contributed by atoms with Crippen LogP contribution in [-0.4, -0.2) is 34.1 Å². The summed E-state index contributed by atoms with van der Waals surface area (Å²) in [4.78, 5) is 0. The van der Waals surface area contributed by atoms with Gasteiger partial charge in [0.1, 0.15) is 6.10 Å². The molecule has 0 saturated heterocycles. The van der Waals surface area contributed by atoms with Crippen LogP contribution >= 0.6 is 0 Å². The molecule has 0 fully saturated rings. The molecule has 0 amide bonds. The zero-order chi connectivity index (χ0) is 8.15. The fourth-order valence-electron chi connectivity index (χ4n) is 0.598. The summed E-state index contributed by atoms with van der Waals surface area (Å²) in [6.45, 7) is 4.75. The maximum atomic E-state index is 9.10. The van der Waals surface area contributed by atoms with Gasteiger partial charge in [0.15, 0.2) is 0 Å². The van der Waals surface area contributed by atoms with E-state index < -0.39 is 18.8 Å². The SMILES string of the molecule is C=CC(C)C(O)C(O)CO. The van der Waals surface area contributed by atoms with Crippen molar-refractivity contribution in [2.24, 2.45) is 5.92 Å². The van der Waals surface area contributed by atoms with Crippen LogP contribution in [0.2, 0.25) is 0 Å². The Morgan fingerprint density at radius 1 is 1.50 bits per heavy atom. The number of hydrogen-bond acceptors (Lipinski definition) is 3. The summed E-state index contributed by atoms with van der Waals surface area (Å²) in [5.74, 6) is -0.192. The van der Waals surface area contributed by atoms with Crippen molar-refractivity contribution in [2.45, 2.75) is 19.1 Å². The minimum atomic E-state index is -1.06. The van der Waals surface area contributed by atoms with E-state index in [0.717, 1.165) is 0 Å². The average Bonchev–Trinajstić information content (AvgIpc) is 2.00. The third-order valence-corrected chi connectivity index (χ3v) is 1.49. The van der Waals surface area contributed by atoms with Crippen molar-refractivity contribution in [3.63, 3.8) is 0 Å². The molecule has 0 aromatic heterocycles. The fourth-order valence-corrected chi connectivity index (χ4v) is 0.598. The zero-order valence-electron chi connectivity index (χ0n) is 6.07. The summed E-state index contributed by atoms with van der Waals surface area (Å²) in [6, 6.07) is 0. The van der Waals surface area contributed by atoms with Crippen molar-refractivity contribution >= 4 is 0 Å². The second-order valence-electron chi connectivity index (χ2n) is 2.34. The van der Waals surface area contributed by atoms with Crippen LogP contribution in [0.5, 0.6) is 0 Å². The highest BCUT2D eigenvalue weighted by atomic mass is 16.4. The number of hydrogen-bond donors (Lipinski definition) is 3. The van der Waals surface area contributed by atoms with Gasteiger partial charge in [-0.2, -0.15) is 0 Å². The molecule has 3 heteroatoms. The average molecular weight is 146 g/mol. The highest BCUT2D eigenvalue weighted by Gasteiger charge is 2.19. The Bertz CT molecular complexity index is 103. The third kappa shape index (κ3) is 2.47. The van der Waals surface area contributed by atoms with Gasteiger partial charge in [0.25, 0.3) is 0 Å². The van der Waals surface area contributed by atoms with E-state index in [4.69, 9.17) is 15.3 Å². The molecule has 3 N–H and O–H groups in total. The Morgan fingerprint density at radius 2 is 2.00 bits per heavy atom. The molecular weight excluding hydrogens is 132 g/mol. The maximum Gasteiger partial charge on any atom is 0.103 e. The molecule has 60 valence electrons. The van der Waals surface area contributed by atoms with Crippen LogP contribution in [0.15, 0.2) is 12.7 Å². The lowest BCUT2D eigenvalue weighted by Gasteiger charge is -2.19. The minimum Gasteiger partial charge on any atom is -0.394 e. The van der Waals surface area contributed by atoms with E-state index in [0.29, 0.717) is 0 Å². The van der Waals surface area contributed by atoms with Gasteiger partial charge in [0, 0.05) is 5.92 Å². The molecule has 0 aliphatic heterocycles. The van der Waals surface area contributed by atoms with Gasteiger partial charge in [0.05, 0.1) is 12.7 Å². The van der Waals surface area contributed by atoms with Crippen molar-refractivity contribution in [1.82, 2.24) is 0 Å². The van der Waals surface area contributed by atoms with Gasteiger partial charge >= 0.3 is 0 Å². The zero-order valence-corrected chi connectivity index (χ0v) is 6.07. The van der Waals surface area contributed by atoms with Crippen molar-refractivity contribution in [1.29, 1.82) is 0 Å². The Kier molecular flexibility index (Phi) is 4.27. The number of aliphatic hydroxyl groups excluding tert-OH is 3. The quantitative estimate of drug-likeness (QED) is 0.469. The van der Waals surface area contributed by atoms with Crippen LogP contribution in [0, 0.1) is 5.92 Å². The molecule has 0 saturated carbocycles. The van der Waals surface area contributed by atoms with E-state index in [9.17, 15) is 0 Å². The summed E-state index contributed by atoms with van der Waals surface area (Å²) in [6.07, 6.45) is -0.445. The van der Waals surface area contributed by atoms with E-state index >= 15 is 0 Å². The maximum absolute atomic E-state index is 9.10. The van der Waals surface area contributed by atoms with Gasteiger partial charge in [-0.05, 0) is 0 Å². The minimum absolute atomic E-state index is 0.192. The predicted molar refractivity (Wildman–Crippen MR) is 38.5 cm³/mol. The molecule has 0 rings (SSSR count). The van der Waals surface area contributed by atoms with Gasteiger partial charge in [-0.15, -0.1) is 6.58 Å². The topological polar surface area (TPSA) is 60.7 Å². The van der Waals surface area contributed by atoms with E-state index in [1.807, 2.05) is 0 Å². The summed E-state index contributed by atoms with van der Waals surface area (Å²) in [7, 11) is 0. The first-order valence-electron chi connectivity index (χ1n) is 3.23. The van der Waals surface area contributed by atoms with Crippen LogP contribution in [0.1, 0.15) is 6.92 Å². The summed E-state index contributed by atoms with van der Waals surface area (Å²) in [5.41, 5.74) is 0. The molecule has 0 aliphatic carbocycles. The van der Waals surface area contributed by atoms with Gasteiger partial charge in [-0.25, -0.2) is 0 Å². The monoisotopic (exact) mass is 146 g/mol. The molecule has 0 bridgehead atoms. The number of rotatable bonds is 4. The van der Waals surface area contributed by atoms with E-state index in [1.165, 1.54) is 6.08 Å². The van der Waals surface area contributed by atoms with Crippen molar-refractivity contribution < 1.29 is 15.3 Å². The highest BCUT2D eigenvalue weighted by Crippen LogP contribution is 2.07. The first kappa shape index (κ1) is 9.62. The van der Waals surface area contributed by atoms with Crippen LogP contribution < -0.4 is 0 Å². The summed E-state index contributed by atoms with van der Waals surface area (Å²) in [5, 5.41) is 26.4. The van der Waals surface area contributed by atoms with Gasteiger partial charge in [-0.1, -0.05) is 13.0 Å². The molecule has 3 nitrogen and oxygen atoms in total. The second-order valence-corrected chi connectivity index (χ2v) is 2.34. The second kappa shape index (κ2) is 4.44. The smallest absolute Gasteiger partial charge is 0.103 e. The lowest BCUT2D eigenvalue weighted by Crippen LogP contribution is -2.33. The first-order chi connectivity index (χ1) is 4.63. The van der Waals surface area contributed by atoms with Crippen LogP contribution in [-0.2, 0) is 0 Å². The van der Waals surface area contributed by atoms with Crippen LogP contribution in [0.4, 0.5) is 0 Å². The molecule has 0 spiro atoms. The van der Waals surface area contributed by atoms with Crippen molar-refractivity contribution in [3.05, 3.63) is 12.7 Å². The van der Waals surface area contributed by atoms with Crippen molar-refractivity contribution in [2.75, 3.05) is 6.61 Å². The Morgan fingerprint density at radius 3 is 2.30 bits per heavy atom. The Balaban J connectivity index is 3.80. The molecule has 0 aromatic rings. The van der Waals surface area contributed by atoms with E-state index in [-0.39, 0.29) is 5.92 Å². The third-order valence-electron chi connectivity index (χ3n) is 1.49.